The molecule has 0 bridgehead atoms. The lowest BCUT2D eigenvalue weighted by atomic mass is 10.1. The number of carbonyl (C=O) groups is 3. The van der Waals surface area contributed by atoms with Gasteiger partial charge in [0.2, 0.25) is 0 Å². The van der Waals surface area contributed by atoms with Crippen LogP contribution in [0.2, 0.25) is 0 Å². The molecule has 2 amide bonds. The lowest BCUT2D eigenvalue weighted by molar-refractivity contribution is -0.136. The smallest absolute Gasteiger partial charge is 0.340 e. The Morgan fingerprint density at radius 3 is 2.62 bits per heavy atom. The molecule has 0 aliphatic rings. The van der Waals surface area contributed by atoms with Crippen molar-refractivity contribution in [3.8, 4) is 0 Å². The van der Waals surface area contributed by atoms with Gasteiger partial charge in [-0.25, -0.2) is 4.79 Å². The van der Waals surface area contributed by atoms with E-state index in [1.807, 2.05) is 36.6 Å². The Labute approximate surface area is 157 Å². The lowest BCUT2D eigenvalue weighted by Gasteiger charge is -2.13. The summed E-state index contributed by atoms with van der Waals surface area (Å²) in [5.74, 6) is -2.17. The molecule has 26 heavy (non-hydrogen) atoms. The summed E-state index contributed by atoms with van der Waals surface area (Å²) in [5.41, 5.74) is 1.17. The molecular weight excluding hydrogens is 372 g/mol. The molecule has 134 valence electrons. The molecule has 0 saturated carbocycles. The molecule has 2 heterocycles. The van der Waals surface area contributed by atoms with Crippen LogP contribution in [0.1, 0.15) is 28.9 Å². The van der Waals surface area contributed by atoms with Gasteiger partial charge in [-0.15, -0.1) is 22.7 Å². The molecule has 1 aromatic carbocycles. The van der Waals surface area contributed by atoms with E-state index < -0.39 is 17.8 Å². The second-order valence-corrected chi connectivity index (χ2v) is 7.32. The Balaban J connectivity index is 1.69. The van der Waals surface area contributed by atoms with Gasteiger partial charge >= 0.3 is 17.8 Å². The molecule has 0 aliphatic heterocycles. The van der Waals surface area contributed by atoms with E-state index in [0.29, 0.717) is 0 Å². The summed E-state index contributed by atoms with van der Waals surface area (Å²) in [6, 6.07) is 9.09. The summed E-state index contributed by atoms with van der Waals surface area (Å²) in [6.45, 7) is 1.82. The second-order valence-electron chi connectivity index (χ2n) is 5.49. The average Bonchev–Trinajstić information content (AvgIpc) is 3.27. The number of anilines is 1. The number of hydrogen-bond acceptors (Lipinski definition) is 6. The highest BCUT2D eigenvalue weighted by Crippen LogP contribution is 2.30. The van der Waals surface area contributed by atoms with Crippen LogP contribution >= 0.6 is 22.7 Å². The van der Waals surface area contributed by atoms with Crippen LogP contribution in [0.15, 0.2) is 41.1 Å². The first-order valence-corrected chi connectivity index (χ1v) is 9.51. The van der Waals surface area contributed by atoms with Crippen molar-refractivity contribution in [3.63, 3.8) is 0 Å². The Hall–Kier alpha value is -2.71. The maximum atomic E-state index is 12.2. The van der Waals surface area contributed by atoms with Gasteiger partial charge in [-0.1, -0.05) is 18.2 Å². The van der Waals surface area contributed by atoms with Crippen molar-refractivity contribution in [1.29, 1.82) is 0 Å². The van der Waals surface area contributed by atoms with Gasteiger partial charge in [0.1, 0.15) is 5.00 Å². The highest BCUT2D eigenvalue weighted by Gasteiger charge is 2.22. The molecular formula is C18H16N2O4S2. The maximum Gasteiger partial charge on any atom is 0.340 e. The fraction of sp³-hybridized carbons (Fsp3) is 0.167. The van der Waals surface area contributed by atoms with Gasteiger partial charge < -0.3 is 15.4 Å². The number of hydrogen-bond donors (Lipinski definition) is 2. The molecule has 0 fully saturated rings. The van der Waals surface area contributed by atoms with E-state index >= 15 is 0 Å². The van der Waals surface area contributed by atoms with Crippen molar-refractivity contribution >= 4 is 55.5 Å². The number of methoxy groups -OCH3 is 1. The molecule has 2 aromatic heterocycles. The summed E-state index contributed by atoms with van der Waals surface area (Å²) in [5, 5.41) is 10.1. The molecule has 0 spiro atoms. The van der Waals surface area contributed by atoms with Gasteiger partial charge in [0.05, 0.1) is 18.7 Å². The fourth-order valence-corrected chi connectivity index (χ4v) is 4.34. The van der Waals surface area contributed by atoms with Crippen molar-refractivity contribution in [2.45, 2.75) is 13.0 Å². The SMILES string of the molecule is COC(=O)c1ccsc1NC(=O)C(=O)N[C@@H](C)c1csc2ccccc12. The van der Waals surface area contributed by atoms with Crippen LogP contribution in [0.25, 0.3) is 10.1 Å². The van der Waals surface area contributed by atoms with Crippen molar-refractivity contribution in [2.75, 3.05) is 12.4 Å². The van der Waals surface area contributed by atoms with E-state index in [1.54, 1.807) is 16.7 Å². The molecule has 3 rings (SSSR count). The molecule has 0 saturated heterocycles. The highest BCUT2D eigenvalue weighted by molar-refractivity contribution is 7.17. The van der Waals surface area contributed by atoms with E-state index in [9.17, 15) is 14.4 Å². The maximum absolute atomic E-state index is 12.2. The topological polar surface area (TPSA) is 84.5 Å². The molecule has 2 N–H and O–H groups in total. The predicted molar refractivity (Wildman–Crippen MR) is 103 cm³/mol. The molecule has 6 nitrogen and oxygen atoms in total. The first-order valence-electron chi connectivity index (χ1n) is 7.75. The summed E-state index contributed by atoms with van der Waals surface area (Å²) in [4.78, 5) is 36.0. The van der Waals surface area contributed by atoms with Gasteiger partial charge in [0.15, 0.2) is 0 Å². The van der Waals surface area contributed by atoms with Gasteiger partial charge in [0.25, 0.3) is 0 Å². The lowest BCUT2D eigenvalue weighted by Crippen LogP contribution is -2.36. The van der Waals surface area contributed by atoms with Gasteiger partial charge in [-0.05, 0) is 40.8 Å². The zero-order chi connectivity index (χ0) is 18.7. The number of benzene rings is 1. The fourth-order valence-electron chi connectivity index (χ4n) is 2.51. The minimum absolute atomic E-state index is 0.218. The van der Waals surface area contributed by atoms with E-state index in [-0.39, 0.29) is 16.6 Å². The Kier molecular flexibility index (Phi) is 5.34. The number of rotatable bonds is 4. The third-order valence-corrected chi connectivity index (χ3v) is 5.64. The zero-order valence-electron chi connectivity index (χ0n) is 14.1. The van der Waals surface area contributed by atoms with Crippen molar-refractivity contribution < 1.29 is 19.1 Å². The Morgan fingerprint density at radius 1 is 1.08 bits per heavy atom. The van der Waals surface area contributed by atoms with Gasteiger partial charge in [-0.2, -0.15) is 0 Å². The summed E-state index contributed by atoms with van der Waals surface area (Å²) in [7, 11) is 1.26. The largest absolute Gasteiger partial charge is 0.465 e. The summed E-state index contributed by atoms with van der Waals surface area (Å²) < 4.78 is 5.77. The van der Waals surface area contributed by atoms with E-state index in [1.165, 1.54) is 13.2 Å². The van der Waals surface area contributed by atoms with Crippen molar-refractivity contribution in [2.24, 2.45) is 0 Å². The van der Waals surface area contributed by atoms with Crippen LogP contribution in [0.4, 0.5) is 5.00 Å². The normalized spacial score (nSPS) is 11.8. The van der Waals surface area contributed by atoms with E-state index in [0.717, 1.165) is 27.0 Å². The van der Waals surface area contributed by atoms with Crippen LogP contribution in [-0.4, -0.2) is 24.9 Å². The predicted octanol–water partition coefficient (Wildman–Crippen LogP) is 3.57. The third kappa shape index (κ3) is 3.61. The van der Waals surface area contributed by atoms with Crippen LogP contribution in [0.5, 0.6) is 0 Å². The summed E-state index contributed by atoms with van der Waals surface area (Å²) >= 11 is 2.73. The van der Waals surface area contributed by atoms with E-state index in [4.69, 9.17) is 0 Å². The molecule has 0 radical (unpaired) electrons. The van der Waals surface area contributed by atoms with Crippen LogP contribution in [0, 0.1) is 0 Å². The minimum atomic E-state index is -0.830. The Morgan fingerprint density at radius 2 is 1.85 bits per heavy atom. The van der Waals surface area contributed by atoms with E-state index in [2.05, 4.69) is 15.4 Å². The molecule has 3 aromatic rings. The number of fused-ring (bicyclic) bond motifs is 1. The number of ether oxygens (including phenoxy) is 1. The molecule has 0 aliphatic carbocycles. The monoisotopic (exact) mass is 388 g/mol. The van der Waals surface area contributed by atoms with Crippen LogP contribution in [-0.2, 0) is 14.3 Å². The first kappa shape index (κ1) is 18.1. The number of amides is 2. The molecule has 8 heteroatoms. The number of carbonyl (C=O) groups excluding carboxylic acids is 3. The summed E-state index contributed by atoms with van der Waals surface area (Å²) in [6.07, 6.45) is 0. The molecule has 1 atom stereocenters. The number of esters is 1. The van der Waals surface area contributed by atoms with Gasteiger partial charge in [0, 0.05) is 4.70 Å². The third-order valence-electron chi connectivity index (χ3n) is 3.83. The number of nitrogens with one attached hydrogen (secondary N) is 2. The van der Waals surface area contributed by atoms with Crippen molar-refractivity contribution in [3.05, 3.63) is 52.2 Å². The van der Waals surface area contributed by atoms with Crippen LogP contribution in [0.3, 0.4) is 0 Å². The average molecular weight is 388 g/mol. The highest BCUT2D eigenvalue weighted by atomic mass is 32.1. The zero-order valence-corrected chi connectivity index (χ0v) is 15.7. The van der Waals surface area contributed by atoms with Gasteiger partial charge in [-0.3, -0.25) is 9.59 Å². The van der Waals surface area contributed by atoms with Crippen molar-refractivity contribution in [1.82, 2.24) is 5.32 Å². The Bertz CT molecular complexity index is 976. The molecule has 0 unspecified atom stereocenters. The number of thiophene rings is 2. The standard InChI is InChI=1S/C18H16N2O4S2/c1-10(13-9-26-14-6-4-3-5-11(13)14)19-15(21)16(22)20-17-12(7-8-25-17)18(23)24-2/h3-10H,1-2H3,(H,19,21)(H,20,22)/t10-/m0/s1. The quantitative estimate of drug-likeness (QED) is 0.529. The second kappa shape index (κ2) is 7.67. The minimum Gasteiger partial charge on any atom is -0.465 e. The van der Waals surface area contributed by atoms with Crippen LogP contribution < -0.4 is 10.6 Å². The first-order chi connectivity index (χ1) is 12.5.